The van der Waals surface area contributed by atoms with Crippen LogP contribution in [0.5, 0.6) is 11.5 Å². The van der Waals surface area contributed by atoms with Crippen LogP contribution < -0.4 is 25.4 Å². The normalized spacial score (nSPS) is 16.0. The fourth-order valence-corrected chi connectivity index (χ4v) is 14.6. The molecule has 0 saturated heterocycles. The third-order valence-corrected chi connectivity index (χ3v) is 18.6. The second-order valence-electron chi connectivity index (χ2n) is 22.8. The Morgan fingerprint density at radius 1 is 0.549 bits per heavy atom. The highest BCUT2D eigenvalue weighted by Gasteiger charge is 2.48. The lowest BCUT2D eigenvalue weighted by atomic mass is 9.43. The summed E-state index contributed by atoms with van der Waals surface area (Å²) in [7, 11) is 0. The second kappa shape index (κ2) is 15.1. The largest absolute Gasteiger partial charge is 0.455 e. The van der Waals surface area contributed by atoms with Crippen LogP contribution >= 0.6 is 23.1 Å². The van der Waals surface area contributed by atoms with Gasteiger partial charge in [0.1, 0.15) is 11.5 Å². The first kappa shape index (κ1) is 43.1. The molecular formula is C65H55BN2OS2. The van der Waals surface area contributed by atoms with Crippen LogP contribution in [0.4, 0.5) is 28.4 Å². The van der Waals surface area contributed by atoms with Crippen LogP contribution in [0.2, 0.25) is 0 Å². The minimum absolute atomic E-state index is 0.0219. The standard InChI is InChI=1S/C65H55BN2OS2/c1-38-30-47-48(65(7,8)29-28-64(47,5)6)34-51(38)67-53-36-56-60(71-58-25-17-15-23-55(58)69-56)35-49(53)66-62-54(67)31-40-20-12-13-21-42(40)61(62)46-33-45-43-22-14-16-24-57(43)70-59(45)37-52(46)68(66)50-27-26-41(63(2,3)4)32-44(50)39-18-10-9-11-19-39/h9-27,30-37H,28-29H2,1-8H3. The topological polar surface area (TPSA) is 15.7 Å². The molecular weight excluding hydrogens is 900 g/mol. The van der Waals surface area contributed by atoms with Crippen molar-refractivity contribution in [3.63, 3.8) is 0 Å². The Balaban J connectivity index is 1.15. The maximum absolute atomic E-state index is 6.98. The van der Waals surface area contributed by atoms with Crippen LogP contribution in [0.1, 0.15) is 83.6 Å². The van der Waals surface area contributed by atoms with Gasteiger partial charge < -0.3 is 14.4 Å². The van der Waals surface area contributed by atoms with Gasteiger partial charge in [-0.25, -0.2) is 0 Å². The van der Waals surface area contributed by atoms with E-state index in [1.54, 1.807) is 0 Å². The van der Waals surface area contributed by atoms with Crippen LogP contribution in [0.25, 0.3) is 53.2 Å². The zero-order valence-corrected chi connectivity index (χ0v) is 43.3. The van der Waals surface area contributed by atoms with Crippen LogP contribution in [0.15, 0.2) is 174 Å². The monoisotopic (exact) mass is 954 g/mol. The summed E-state index contributed by atoms with van der Waals surface area (Å²) in [6, 6.07) is 62.6. The summed E-state index contributed by atoms with van der Waals surface area (Å²) < 4.78 is 9.59. The van der Waals surface area contributed by atoms with Crippen molar-refractivity contribution in [1.29, 1.82) is 0 Å². The summed E-state index contributed by atoms with van der Waals surface area (Å²) in [6.45, 7) is 18.9. The van der Waals surface area contributed by atoms with E-state index in [0.29, 0.717) is 0 Å². The lowest BCUT2D eigenvalue weighted by Gasteiger charge is -2.48. The van der Waals surface area contributed by atoms with E-state index in [-0.39, 0.29) is 23.1 Å². The number of nitrogens with zero attached hydrogens (tertiary/aromatic N) is 2. The minimum Gasteiger partial charge on any atom is -0.455 e. The molecule has 14 rings (SSSR count). The highest BCUT2D eigenvalue weighted by molar-refractivity contribution is 7.99. The molecule has 0 saturated carbocycles. The average molecular weight is 955 g/mol. The van der Waals surface area contributed by atoms with E-state index in [2.05, 4.69) is 229 Å². The number of aryl methyl sites for hydroxylation is 1. The molecule has 10 aromatic rings. The molecule has 71 heavy (non-hydrogen) atoms. The zero-order valence-electron chi connectivity index (χ0n) is 41.7. The van der Waals surface area contributed by atoms with E-state index in [1.807, 2.05) is 23.1 Å². The molecule has 9 aromatic carbocycles. The van der Waals surface area contributed by atoms with Gasteiger partial charge in [0.05, 0.1) is 9.79 Å². The maximum atomic E-state index is 6.98. The van der Waals surface area contributed by atoms with Gasteiger partial charge in [0.2, 0.25) is 0 Å². The molecule has 3 nitrogen and oxygen atoms in total. The number of para-hydroxylation sites is 1. The first-order valence-corrected chi connectivity index (χ1v) is 26.9. The Bertz CT molecular complexity index is 3920. The fourth-order valence-electron chi connectivity index (χ4n) is 12.5. The van der Waals surface area contributed by atoms with Gasteiger partial charge in [-0.2, -0.15) is 0 Å². The van der Waals surface area contributed by atoms with Crippen LogP contribution in [-0.2, 0) is 16.2 Å². The van der Waals surface area contributed by atoms with Gasteiger partial charge in [-0.15, -0.1) is 11.3 Å². The zero-order chi connectivity index (χ0) is 48.3. The molecule has 346 valence electrons. The molecule has 0 bridgehead atoms. The molecule has 0 spiro atoms. The molecule has 1 aliphatic carbocycles. The Morgan fingerprint density at radius 3 is 2.07 bits per heavy atom. The third-order valence-electron chi connectivity index (χ3n) is 16.4. The van der Waals surface area contributed by atoms with Gasteiger partial charge in [-0.05, 0) is 152 Å². The molecule has 0 atom stereocenters. The molecule has 0 fully saturated rings. The van der Waals surface area contributed by atoms with Gasteiger partial charge in [-0.3, -0.25) is 0 Å². The first-order valence-electron chi connectivity index (χ1n) is 25.3. The Kier molecular flexibility index (Phi) is 9.19. The van der Waals surface area contributed by atoms with Crippen molar-refractivity contribution in [2.24, 2.45) is 0 Å². The molecule has 0 amide bonds. The summed E-state index contributed by atoms with van der Waals surface area (Å²) in [5.74, 6) is 1.80. The number of anilines is 5. The number of rotatable bonds is 3. The van der Waals surface area contributed by atoms with Crippen molar-refractivity contribution in [3.05, 3.63) is 186 Å². The van der Waals surface area contributed by atoms with E-state index in [9.17, 15) is 0 Å². The van der Waals surface area contributed by atoms with Crippen LogP contribution in [0.3, 0.4) is 0 Å². The second-order valence-corrected chi connectivity index (χ2v) is 25.0. The van der Waals surface area contributed by atoms with Crippen LogP contribution in [0, 0.1) is 6.92 Å². The van der Waals surface area contributed by atoms with Crippen molar-refractivity contribution in [2.45, 2.75) is 94.3 Å². The lowest BCUT2D eigenvalue weighted by molar-refractivity contribution is 0.332. The van der Waals surface area contributed by atoms with E-state index in [1.165, 1.54) is 116 Å². The average Bonchev–Trinajstić information content (AvgIpc) is 3.73. The highest BCUT2D eigenvalue weighted by atomic mass is 32.2. The number of thiophene rings is 1. The van der Waals surface area contributed by atoms with Gasteiger partial charge in [0.15, 0.2) is 0 Å². The Hall–Kier alpha value is -6.73. The predicted molar refractivity (Wildman–Crippen MR) is 305 cm³/mol. The Morgan fingerprint density at radius 2 is 1.27 bits per heavy atom. The van der Waals surface area contributed by atoms with Crippen molar-refractivity contribution in [1.82, 2.24) is 0 Å². The SMILES string of the molecule is Cc1cc2c(cc1N1c3cc4c(cc3B3c5c1cc1ccccc1c5-c1cc5c(cc1N3c1ccc(C(C)(C)C)cc1-c1ccccc1)sc1ccccc15)Sc1ccccc1O4)C(C)(C)CCC2(C)C. The summed E-state index contributed by atoms with van der Waals surface area (Å²) >= 11 is 3.73. The van der Waals surface area contributed by atoms with Crippen molar-refractivity contribution >= 4 is 100 Å². The van der Waals surface area contributed by atoms with Crippen LogP contribution in [-0.4, -0.2) is 6.85 Å². The van der Waals surface area contributed by atoms with Gasteiger partial charge in [0, 0.05) is 65.8 Å². The van der Waals surface area contributed by atoms with Gasteiger partial charge in [-0.1, -0.05) is 157 Å². The lowest BCUT2D eigenvalue weighted by Crippen LogP contribution is -2.61. The first-order chi connectivity index (χ1) is 34.2. The molecule has 0 unspecified atom stereocenters. The van der Waals surface area contributed by atoms with Crippen molar-refractivity contribution in [2.75, 3.05) is 9.71 Å². The molecule has 0 radical (unpaired) electrons. The highest BCUT2D eigenvalue weighted by Crippen LogP contribution is 2.57. The van der Waals surface area contributed by atoms with E-state index >= 15 is 0 Å². The molecule has 4 aliphatic rings. The predicted octanol–water partition coefficient (Wildman–Crippen LogP) is 17.8. The number of benzene rings is 9. The summed E-state index contributed by atoms with van der Waals surface area (Å²) in [4.78, 5) is 7.65. The number of fused-ring (bicyclic) bond motifs is 12. The molecule has 0 N–H and O–H groups in total. The smallest absolute Gasteiger partial charge is 0.333 e. The summed E-state index contributed by atoms with van der Waals surface area (Å²) in [5, 5.41) is 5.13. The molecule has 4 heterocycles. The minimum atomic E-state index is -0.200. The summed E-state index contributed by atoms with van der Waals surface area (Å²) in [6.07, 6.45) is 2.32. The van der Waals surface area contributed by atoms with Gasteiger partial charge >= 0.3 is 6.85 Å². The van der Waals surface area contributed by atoms with Crippen molar-refractivity contribution in [3.8, 4) is 33.8 Å². The molecule has 1 aromatic heterocycles. The number of ether oxygens (including phenoxy) is 1. The Labute approximate surface area is 426 Å². The fraction of sp³-hybridized carbons (Fsp3) is 0.200. The third kappa shape index (κ3) is 6.43. The van der Waals surface area contributed by atoms with E-state index < -0.39 is 0 Å². The number of hydrogen-bond acceptors (Lipinski definition) is 5. The quantitative estimate of drug-likeness (QED) is 0.164. The van der Waals surface area contributed by atoms with Crippen molar-refractivity contribution < 1.29 is 4.74 Å². The maximum Gasteiger partial charge on any atom is 0.333 e. The molecule has 6 heteroatoms. The number of hydrogen-bond donors (Lipinski definition) is 0. The van der Waals surface area contributed by atoms with Gasteiger partial charge in [0.25, 0.3) is 0 Å². The molecule has 3 aliphatic heterocycles. The van der Waals surface area contributed by atoms with E-state index in [0.717, 1.165) is 33.4 Å². The van der Waals surface area contributed by atoms with E-state index in [4.69, 9.17) is 4.74 Å². The summed E-state index contributed by atoms with van der Waals surface area (Å²) in [5.41, 5.74) is 19.2.